The zero-order valence-corrected chi connectivity index (χ0v) is 14.3. The van der Waals surface area contributed by atoms with E-state index >= 15 is 0 Å². The first-order valence-corrected chi connectivity index (χ1v) is 8.54. The van der Waals surface area contributed by atoms with Gasteiger partial charge in [-0.1, -0.05) is 6.92 Å². The number of hydrogen-bond acceptors (Lipinski definition) is 4. The van der Waals surface area contributed by atoms with Crippen LogP contribution in [0.4, 0.5) is 0 Å². The molecule has 3 rings (SSSR count). The number of aromatic nitrogens is 3. The average molecular weight is 318 g/mol. The number of rotatable bonds is 3. The Morgan fingerprint density at radius 1 is 1.50 bits per heavy atom. The van der Waals surface area contributed by atoms with Crippen LogP contribution in [-0.4, -0.2) is 20.7 Å². The van der Waals surface area contributed by atoms with Gasteiger partial charge in [0.2, 0.25) is 0 Å². The number of nitrogens with zero attached hydrogens (tertiary/aromatic N) is 3. The predicted molar refractivity (Wildman–Crippen MR) is 87.1 cm³/mol. The molecule has 3 heterocycles. The fourth-order valence-electron chi connectivity index (χ4n) is 2.83. The molecule has 0 saturated carbocycles. The molecule has 0 spiro atoms. The van der Waals surface area contributed by atoms with Gasteiger partial charge < -0.3 is 5.32 Å². The summed E-state index contributed by atoms with van der Waals surface area (Å²) in [6.45, 7) is 9.07. The van der Waals surface area contributed by atoms with Gasteiger partial charge in [0.05, 0.1) is 23.0 Å². The monoisotopic (exact) mass is 318 g/mol. The molecule has 0 fully saturated rings. The minimum absolute atomic E-state index is 0.0618. The van der Waals surface area contributed by atoms with E-state index in [-0.39, 0.29) is 5.91 Å². The van der Waals surface area contributed by atoms with Gasteiger partial charge >= 0.3 is 0 Å². The molecule has 0 saturated heterocycles. The molecule has 118 valence electrons. The summed E-state index contributed by atoms with van der Waals surface area (Å²) in [5.74, 6) is 0.540. The summed E-state index contributed by atoms with van der Waals surface area (Å²) < 4.78 is 1.97. The van der Waals surface area contributed by atoms with Crippen molar-refractivity contribution in [2.75, 3.05) is 0 Å². The van der Waals surface area contributed by atoms with Crippen LogP contribution in [0.1, 0.15) is 53.9 Å². The van der Waals surface area contributed by atoms with Crippen LogP contribution < -0.4 is 5.32 Å². The molecule has 22 heavy (non-hydrogen) atoms. The predicted octanol–water partition coefficient (Wildman–Crippen LogP) is 2.90. The molecule has 0 aromatic carbocycles. The summed E-state index contributed by atoms with van der Waals surface area (Å²) in [6, 6.07) is 0. The summed E-state index contributed by atoms with van der Waals surface area (Å²) in [6.07, 6.45) is 3.74. The second kappa shape index (κ2) is 5.50. The Morgan fingerprint density at radius 3 is 2.95 bits per heavy atom. The van der Waals surface area contributed by atoms with Crippen molar-refractivity contribution < 1.29 is 4.79 Å². The number of aryl methyl sites for hydroxylation is 2. The second-order valence-electron chi connectivity index (χ2n) is 6.70. The van der Waals surface area contributed by atoms with E-state index in [9.17, 15) is 4.79 Å². The van der Waals surface area contributed by atoms with Gasteiger partial charge in [-0.05, 0) is 39.5 Å². The molecule has 1 atom stereocenters. The summed E-state index contributed by atoms with van der Waals surface area (Å²) in [4.78, 5) is 17.2. The zero-order valence-electron chi connectivity index (χ0n) is 13.5. The molecule has 1 aliphatic rings. The van der Waals surface area contributed by atoms with Crippen molar-refractivity contribution in [2.45, 2.75) is 52.6 Å². The van der Waals surface area contributed by atoms with Gasteiger partial charge in [-0.25, -0.2) is 4.98 Å². The molecule has 2 aromatic heterocycles. The quantitative estimate of drug-likeness (QED) is 0.946. The van der Waals surface area contributed by atoms with Crippen molar-refractivity contribution in [2.24, 2.45) is 5.92 Å². The van der Waals surface area contributed by atoms with Gasteiger partial charge in [-0.15, -0.1) is 11.3 Å². The molecular formula is C16H22N4OS. The highest BCUT2D eigenvalue weighted by Gasteiger charge is 2.29. The van der Waals surface area contributed by atoms with Gasteiger partial charge in [-0.3, -0.25) is 9.48 Å². The Kier molecular flexibility index (Phi) is 3.80. The van der Waals surface area contributed by atoms with Crippen LogP contribution in [0.5, 0.6) is 0 Å². The first-order chi connectivity index (χ1) is 10.4. The number of amides is 1. The van der Waals surface area contributed by atoms with Crippen LogP contribution in [0.2, 0.25) is 0 Å². The highest BCUT2D eigenvalue weighted by molar-refractivity contribution is 7.09. The molecule has 1 unspecified atom stereocenters. The standard InChI is InChI=1S/C16H22N4OS/c1-10-5-6-20-13(7-10)12(8-17-20)14(21)19-16(3,4)15-18-11(2)9-22-15/h8-10H,5-7H2,1-4H3,(H,19,21). The number of fused-ring (bicyclic) bond motifs is 1. The van der Waals surface area contributed by atoms with E-state index in [0.29, 0.717) is 11.5 Å². The lowest BCUT2D eigenvalue weighted by atomic mass is 9.96. The number of nitrogens with one attached hydrogen (secondary N) is 1. The Bertz CT molecular complexity index is 701. The maximum absolute atomic E-state index is 12.7. The Morgan fingerprint density at radius 2 is 2.27 bits per heavy atom. The molecule has 1 N–H and O–H groups in total. The fraction of sp³-hybridized carbons (Fsp3) is 0.562. The number of thiazole rings is 1. The summed E-state index contributed by atoms with van der Waals surface area (Å²) in [5, 5.41) is 10.4. The van der Waals surface area contributed by atoms with Crippen LogP contribution in [0.3, 0.4) is 0 Å². The van der Waals surface area contributed by atoms with Crippen LogP contribution >= 0.6 is 11.3 Å². The molecule has 0 bridgehead atoms. The van der Waals surface area contributed by atoms with Gasteiger partial charge in [-0.2, -0.15) is 5.10 Å². The van der Waals surface area contributed by atoms with E-state index in [2.05, 4.69) is 22.3 Å². The minimum atomic E-state index is -0.481. The highest BCUT2D eigenvalue weighted by Crippen LogP contribution is 2.26. The zero-order chi connectivity index (χ0) is 15.9. The second-order valence-corrected chi connectivity index (χ2v) is 7.56. The number of carbonyl (C=O) groups is 1. The SMILES string of the molecule is Cc1csc(C(C)(C)NC(=O)c2cnn3c2CC(C)CC3)n1. The molecule has 5 nitrogen and oxygen atoms in total. The van der Waals surface area contributed by atoms with Crippen LogP contribution in [0.15, 0.2) is 11.6 Å². The van der Waals surface area contributed by atoms with Gasteiger partial charge in [0, 0.05) is 17.6 Å². The van der Waals surface area contributed by atoms with E-state index in [1.165, 1.54) is 0 Å². The largest absolute Gasteiger partial charge is 0.341 e. The average Bonchev–Trinajstić information content (AvgIpc) is 3.04. The first kappa shape index (κ1) is 15.2. The van der Waals surface area contributed by atoms with Crippen LogP contribution in [-0.2, 0) is 18.5 Å². The minimum Gasteiger partial charge on any atom is -0.341 e. The third-order valence-corrected chi connectivity index (χ3v) is 5.43. The van der Waals surface area contributed by atoms with Crippen LogP contribution in [0, 0.1) is 12.8 Å². The maximum Gasteiger partial charge on any atom is 0.255 e. The van der Waals surface area contributed by atoms with Gasteiger partial charge in [0.1, 0.15) is 5.01 Å². The van der Waals surface area contributed by atoms with Crippen molar-refractivity contribution in [3.63, 3.8) is 0 Å². The molecule has 2 aromatic rings. The topological polar surface area (TPSA) is 59.8 Å². The van der Waals surface area contributed by atoms with Crippen molar-refractivity contribution in [3.8, 4) is 0 Å². The Balaban J connectivity index is 1.82. The molecule has 0 radical (unpaired) electrons. The van der Waals surface area contributed by atoms with Gasteiger partial charge in [0.15, 0.2) is 0 Å². The lowest BCUT2D eigenvalue weighted by Gasteiger charge is -2.25. The van der Waals surface area contributed by atoms with Crippen LogP contribution in [0.25, 0.3) is 0 Å². The number of hydrogen-bond donors (Lipinski definition) is 1. The highest BCUT2D eigenvalue weighted by atomic mass is 32.1. The van der Waals surface area contributed by atoms with Crippen molar-refractivity contribution in [3.05, 3.63) is 33.5 Å². The Labute approximate surface area is 134 Å². The van der Waals surface area contributed by atoms with E-state index in [4.69, 9.17) is 0 Å². The molecule has 1 aliphatic heterocycles. The summed E-state index contributed by atoms with van der Waals surface area (Å²) in [5.41, 5.74) is 2.26. The van der Waals surface area contributed by atoms with E-state index < -0.39 is 5.54 Å². The van der Waals surface area contributed by atoms with Crippen molar-refractivity contribution in [1.82, 2.24) is 20.1 Å². The molecular weight excluding hydrogens is 296 g/mol. The summed E-state index contributed by atoms with van der Waals surface area (Å²) >= 11 is 1.58. The Hall–Kier alpha value is -1.69. The van der Waals surface area contributed by atoms with E-state index in [0.717, 1.165) is 35.8 Å². The smallest absolute Gasteiger partial charge is 0.255 e. The third-order valence-electron chi connectivity index (χ3n) is 4.15. The molecule has 6 heteroatoms. The molecule has 1 amide bonds. The van der Waals surface area contributed by atoms with Crippen molar-refractivity contribution in [1.29, 1.82) is 0 Å². The lowest BCUT2D eigenvalue weighted by molar-refractivity contribution is 0.0910. The number of carbonyl (C=O) groups excluding carboxylic acids is 1. The summed E-state index contributed by atoms with van der Waals surface area (Å²) in [7, 11) is 0. The maximum atomic E-state index is 12.7. The third kappa shape index (κ3) is 2.79. The van der Waals surface area contributed by atoms with E-state index in [1.54, 1.807) is 17.5 Å². The molecule has 0 aliphatic carbocycles. The lowest BCUT2D eigenvalue weighted by Crippen LogP contribution is -2.41. The fourth-order valence-corrected chi connectivity index (χ4v) is 3.71. The van der Waals surface area contributed by atoms with Gasteiger partial charge in [0.25, 0.3) is 5.91 Å². The first-order valence-electron chi connectivity index (χ1n) is 7.66. The van der Waals surface area contributed by atoms with E-state index in [1.807, 2.05) is 30.8 Å². The normalized spacial score (nSPS) is 18.1. The van der Waals surface area contributed by atoms with Crippen molar-refractivity contribution >= 4 is 17.2 Å².